The maximum absolute atomic E-state index is 11.2. The van der Waals surface area contributed by atoms with Crippen molar-refractivity contribution in [2.45, 2.75) is 32.8 Å². The van der Waals surface area contributed by atoms with E-state index in [1.165, 1.54) is 0 Å². The fraction of sp³-hybridized carbons (Fsp3) is 0.800. The number of hydrogen-bond acceptors (Lipinski definition) is 4. The van der Waals surface area contributed by atoms with Gasteiger partial charge in [0.1, 0.15) is 5.60 Å². The lowest BCUT2D eigenvalue weighted by Gasteiger charge is -2.19. The van der Waals surface area contributed by atoms with E-state index in [1.807, 2.05) is 0 Å². The highest BCUT2D eigenvalue weighted by Gasteiger charge is 2.15. The van der Waals surface area contributed by atoms with Crippen LogP contribution in [0.4, 0.5) is 4.79 Å². The molecule has 0 aromatic rings. The highest BCUT2D eigenvalue weighted by molar-refractivity contribution is 7.80. The molecule has 0 aliphatic carbocycles. The van der Waals surface area contributed by atoms with Gasteiger partial charge >= 0.3 is 6.09 Å². The van der Waals surface area contributed by atoms with Gasteiger partial charge in [0.15, 0.2) is 0 Å². The molecule has 2 amide bonds. The van der Waals surface area contributed by atoms with Crippen molar-refractivity contribution in [1.29, 1.82) is 0 Å². The molecule has 0 saturated carbocycles. The Balaban J connectivity index is 3.52. The van der Waals surface area contributed by atoms with Crippen molar-refractivity contribution in [3.05, 3.63) is 0 Å². The molecule has 0 saturated heterocycles. The van der Waals surface area contributed by atoms with Crippen LogP contribution >= 0.6 is 12.6 Å². The summed E-state index contributed by atoms with van der Waals surface area (Å²) in [6.07, 6.45) is -0.0915. The molecule has 0 atom stereocenters. The maximum atomic E-state index is 11.2. The summed E-state index contributed by atoms with van der Waals surface area (Å²) >= 11 is 3.93. The van der Waals surface area contributed by atoms with Crippen LogP contribution in [0.5, 0.6) is 0 Å². The van der Waals surface area contributed by atoms with E-state index < -0.39 is 11.7 Å². The first-order valence-electron chi connectivity index (χ1n) is 5.19. The van der Waals surface area contributed by atoms with Crippen LogP contribution in [0.15, 0.2) is 0 Å². The number of ether oxygens (including phenoxy) is 1. The predicted octanol–water partition coefficient (Wildman–Crippen LogP) is 0.947. The minimum Gasteiger partial charge on any atom is -0.444 e. The average molecular weight is 248 g/mol. The normalized spacial score (nSPS) is 10.8. The van der Waals surface area contributed by atoms with E-state index in [9.17, 15) is 9.59 Å². The van der Waals surface area contributed by atoms with Crippen LogP contribution in [0.2, 0.25) is 0 Å². The zero-order valence-corrected chi connectivity index (χ0v) is 10.9. The summed E-state index contributed by atoms with van der Waals surface area (Å²) in [5.41, 5.74) is -0.501. The Bertz CT molecular complexity index is 239. The van der Waals surface area contributed by atoms with Crippen molar-refractivity contribution < 1.29 is 14.3 Å². The Morgan fingerprint density at radius 1 is 1.19 bits per heavy atom. The summed E-state index contributed by atoms with van der Waals surface area (Å²) in [6.45, 7) is 6.13. The SMILES string of the molecule is CC(C)(C)OC(=O)NCCNC(=O)CCS. The summed E-state index contributed by atoms with van der Waals surface area (Å²) in [4.78, 5) is 22.2. The molecule has 0 bridgehead atoms. The molecule has 0 aliphatic rings. The van der Waals surface area contributed by atoms with Gasteiger partial charge in [0.25, 0.3) is 0 Å². The fourth-order valence-corrected chi connectivity index (χ4v) is 1.07. The van der Waals surface area contributed by atoms with E-state index in [4.69, 9.17) is 4.74 Å². The van der Waals surface area contributed by atoms with Crippen LogP contribution in [0.1, 0.15) is 27.2 Å². The predicted molar refractivity (Wildman–Crippen MR) is 65.7 cm³/mol. The second kappa shape index (κ2) is 7.38. The third-order valence-corrected chi connectivity index (χ3v) is 1.68. The number of carbonyl (C=O) groups excluding carboxylic acids is 2. The lowest BCUT2D eigenvalue weighted by Crippen LogP contribution is -2.37. The first-order chi connectivity index (χ1) is 7.35. The first kappa shape index (κ1) is 15.1. The molecule has 0 fully saturated rings. The number of hydrogen-bond donors (Lipinski definition) is 3. The van der Waals surface area contributed by atoms with Crippen LogP contribution in [0.25, 0.3) is 0 Å². The molecule has 0 spiro atoms. The molecular formula is C10H20N2O3S. The van der Waals surface area contributed by atoms with E-state index in [-0.39, 0.29) is 5.91 Å². The number of rotatable bonds is 5. The topological polar surface area (TPSA) is 67.4 Å². The van der Waals surface area contributed by atoms with Gasteiger partial charge in [-0.3, -0.25) is 4.79 Å². The van der Waals surface area contributed by atoms with E-state index in [1.54, 1.807) is 20.8 Å². The third kappa shape index (κ3) is 9.64. The smallest absolute Gasteiger partial charge is 0.407 e. The van der Waals surface area contributed by atoms with Crippen molar-refractivity contribution in [3.63, 3.8) is 0 Å². The van der Waals surface area contributed by atoms with Crippen LogP contribution in [-0.2, 0) is 9.53 Å². The van der Waals surface area contributed by atoms with Gasteiger partial charge in [-0.25, -0.2) is 4.79 Å². The van der Waals surface area contributed by atoms with Crippen molar-refractivity contribution in [2.24, 2.45) is 0 Å². The molecule has 0 aromatic carbocycles. The monoisotopic (exact) mass is 248 g/mol. The molecule has 6 heteroatoms. The quantitative estimate of drug-likeness (QED) is 0.501. The Hall–Kier alpha value is -0.910. The molecule has 0 aliphatic heterocycles. The Morgan fingerprint density at radius 3 is 2.25 bits per heavy atom. The fourth-order valence-electron chi connectivity index (χ4n) is 0.871. The lowest BCUT2D eigenvalue weighted by atomic mass is 10.2. The third-order valence-electron chi connectivity index (χ3n) is 1.45. The van der Waals surface area contributed by atoms with Gasteiger partial charge in [-0.05, 0) is 26.5 Å². The zero-order valence-electron chi connectivity index (χ0n) is 10.0. The Labute approximate surface area is 102 Å². The van der Waals surface area contributed by atoms with Crippen LogP contribution in [0, 0.1) is 0 Å². The minimum atomic E-state index is -0.501. The average Bonchev–Trinajstić information content (AvgIpc) is 2.10. The maximum Gasteiger partial charge on any atom is 0.407 e. The molecule has 0 heterocycles. The van der Waals surface area contributed by atoms with E-state index >= 15 is 0 Å². The van der Waals surface area contributed by atoms with Gasteiger partial charge in [-0.2, -0.15) is 12.6 Å². The number of thiol groups is 1. The molecule has 94 valence electrons. The second-order valence-electron chi connectivity index (χ2n) is 4.25. The summed E-state index contributed by atoms with van der Waals surface area (Å²) in [6, 6.07) is 0. The molecule has 0 aromatic heterocycles. The number of nitrogens with one attached hydrogen (secondary N) is 2. The molecule has 0 rings (SSSR count). The second-order valence-corrected chi connectivity index (χ2v) is 4.70. The van der Waals surface area contributed by atoms with Gasteiger partial charge in [0.2, 0.25) is 5.91 Å². The summed E-state index contributed by atoms with van der Waals surface area (Å²) in [7, 11) is 0. The van der Waals surface area contributed by atoms with Crippen LogP contribution in [0.3, 0.4) is 0 Å². The molecule has 0 radical (unpaired) electrons. The summed E-state index contributed by atoms with van der Waals surface area (Å²) in [5.74, 6) is 0.451. The minimum absolute atomic E-state index is 0.0685. The first-order valence-corrected chi connectivity index (χ1v) is 5.83. The largest absolute Gasteiger partial charge is 0.444 e. The Morgan fingerprint density at radius 2 is 1.75 bits per heavy atom. The van der Waals surface area contributed by atoms with Crippen LogP contribution in [-0.4, -0.2) is 36.4 Å². The number of carbonyl (C=O) groups is 2. The molecule has 2 N–H and O–H groups in total. The number of amides is 2. The molecule has 5 nitrogen and oxygen atoms in total. The summed E-state index contributed by atoms with van der Waals surface area (Å²) in [5, 5.41) is 5.19. The van der Waals surface area contributed by atoms with E-state index in [2.05, 4.69) is 23.3 Å². The Kier molecular flexibility index (Phi) is 6.96. The van der Waals surface area contributed by atoms with Gasteiger partial charge in [-0.1, -0.05) is 0 Å². The van der Waals surface area contributed by atoms with Gasteiger partial charge in [0, 0.05) is 19.5 Å². The highest BCUT2D eigenvalue weighted by Crippen LogP contribution is 2.05. The summed E-state index contributed by atoms with van der Waals surface area (Å²) < 4.78 is 5.02. The van der Waals surface area contributed by atoms with Gasteiger partial charge in [0.05, 0.1) is 0 Å². The standard InChI is InChI=1S/C10H20N2O3S/c1-10(2,3)15-9(14)12-6-5-11-8(13)4-7-16/h16H,4-7H2,1-3H3,(H,11,13)(H,12,14). The zero-order chi connectivity index (χ0) is 12.6. The molecule has 16 heavy (non-hydrogen) atoms. The van der Waals surface area contributed by atoms with E-state index in [0.29, 0.717) is 25.3 Å². The van der Waals surface area contributed by atoms with Crippen molar-refractivity contribution in [1.82, 2.24) is 10.6 Å². The molecule has 0 unspecified atom stereocenters. The van der Waals surface area contributed by atoms with Crippen molar-refractivity contribution in [2.75, 3.05) is 18.8 Å². The molecular weight excluding hydrogens is 228 g/mol. The lowest BCUT2D eigenvalue weighted by molar-refractivity contribution is -0.120. The van der Waals surface area contributed by atoms with Crippen LogP contribution < -0.4 is 10.6 Å². The van der Waals surface area contributed by atoms with Crippen molar-refractivity contribution in [3.8, 4) is 0 Å². The van der Waals surface area contributed by atoms with Crippen molar-refractivity contribution >= 4 is 24.6 Å². The van der Waals surface area contributed by atoms with Gasteiger partial charge in [-0.15, -0.1) is 0 Å². The van der Waals surface area contributed by atoms with Gasteiger partial charge < -0.3 is 15.4 Å². The highest BCUT2D eigenvalue weighted by atomic mass is 32.1. The number of alkyl carbamates (subject to hydrolysis) is 1. The van der Waals surface area contributed by atoms with E-state index in [0.717, 1.165) is 0 Å².